The Morgan fingerprint density at radius 3 is 3.00 bits per heavy atom. The zero-order chi connectivity index (χ0) is 13.8. The van der Waals surface area contributed by atoms with Crippen molar-refractivity contribution in [1.29, 1.82) is 0 Å². The second-order valence-electron chi connectivity index (χ2n) is 4.20. The van der Waals surface area contributed by atoms with Gasteiger partial charge in [-0.15, -0.1) is 11.3 Å². The van der Waals surface area contributed by atoms with Gasteiger partial charge in [0, 0.05) is 13.6 Å². The van der Waals surface area contributed by atoms with Crippen molar-refractivity contribution in [1.82, 2.24) is 10.2 Å². The summed E-state index contributed by atoms with van der Waals surface area (Å²) in [5, 5.41) is 2.59. The Labute approximate surface area is 120 Å². The van der Waals surface area contributed by atoms with E-state index in [1.54, 1.807) is 19.2 Å². The Hall–Kier alpha value is -0.950. The molecule has 0 aromatic carbocycles. The van der Waals surface area contributed by atoms with Crippen LogP contribution in [0.5, 0.6) is 0 Å². The minimum absolute atomic E-state index is 0.0206. The van der Waals surface area contributed by atoms with Crippen LogP contribution in [0.3, 0.4) is 0 Å². The Morgan fingerprint density at radius 2 is 2.37 bits per heavy atom. The molecule has 0 saturated carbocycles. The van der Waals surface area contributed by atoms with Crippen molar-refractivity contribution in [3.05, 3.63) is 21.3 Å². The number of rotatable bonds is 4. The molecule has 0 spiro atoms. The van der Waals surface area contributed by atoms with Gasteiger partial charge in [0.2, 0.25) is 5.91 Å². The summed E-state index contributed by atoms with van der Waals surface area (Å²) in [7, 11) is 1.58. The van der Waals surface area contributed by atoms with Crippen molar-refractivity contribution in [2.24, 2.45) is 0 Å². The van der Waals surface area contributed by atoms with Gasteiger partial charge in [-0.3, -0.25) is 14.5 Å². The fraction of sp³-hybridized carbons (Fsp3) is 0.500. The lowest BCUT2D eigenvalue weighted by Gasteiger charge is -2.33. The monoisotopic (exact) mass is 302 g/mol. The van der Waals surface area contributed by atoms with Gasteiger partial charge >= 0.3 is 0 Å². The fourth-order valence-electron chi connectivity index (χ4n) is 1.96. The van der Waals surface area contributed by atoms with Crippen LogP contribution < -0.4 is 5.32 Å². The SMILES string of the molecule is CNC(=O)C1COCCN1CC(=O)c1ccc(Cl)s1. The van der Waals surface area contributed by atoms with Crippen LogP contribution in [-0.4, -0.2) is 56.0 Å². The van der Waals surface area contributed by atoms with E-state index in [1.807, 2.05) is 4.90 Å². The lowest BCUT2D eigenvalue weighted by Crippen LogP contribution is -2.54. The lowest BCUT2D eigenvalue weighted by molar-refractivity contribution is -0.131. The molecule has 1 saturated heterocycles. The molecule has 1 N–H and O–H groups in total. The number of thiophene rings is 1. The van der Waals surface area contributed by atoms with Gasteiger partial charge < -0.3 is 10.1 Å². The van der Waals surface area contributed by atoms with Crippen LogP contribution in [0.15, 0.2) is 12.1 Å². The molecule has 1 aliphatic rings. The first-order chi connectivity index (χ1) is 9.11. The summed E-state index contributed by atoms with van der Waals surface area (Å²) < 4.78 is 5.89. The molecule has 1 fully saturated rings. The molecule has 1 aromatic heterocycles. The van der Waals surface area contributed by atoms with E-state index >= 15 is 0 Å². The van der Waals surface area contributed by atoms with E-state index in [2.05, 4.69) is 5.32 Å². The molecule has 2 heterocycles. The van der Waals surface area contributed by atoms with Crippen LogP contribution in [-0.2, 0) is 9.53 Å². The zero-order valence-corrected chi connectivity index (χ0v) is 12.1. The fourth-order valence-corrected chi connectivity index (χ4v) is 2.93. The molecule has 0 bridgehead atoms. The third kappa shape index (κ3) is 3.54. The molecule has 1 aromatic rings. The quantitative estimate of drug-likeness (QED) is 0.844. The van der Waals surface area contributed by atoms with Crippen LogP contribution in [0.4, 0.5) is 0 Å². The largest absolute Gasteiger partial charge is 0.378 e. The van der Waals surface area contributed by atoms with Crippen molar-refractivity contribution in [2.45, 2.75) is 6.04 Å². The van der Waals surface area contributed by atoms with Gasteiger partial charge in [-0.25, -0.2) is 0 Å². The van der Waals surface area contributed by atoms with Crippen molar-refractivity contribution < 1.29 is 14.3 Å². The molecular formula is C12H15ClN2O3S. The summed E-state index contributed by atoms with van der Waals surface area (Å²) in [6.45, 7) is 1.63. The van der Waals surface area contributed by atoms with E-state index < -0.39 is 6.04 Å². The number of amides is 1. The number of Topliss-reactive ketones (excluding diaryl/α,β-unsaturated/α-hetero) is 1. The molecule has 1 unspecified atom stereocenters. The molecule has 7 heteroatoms. The third-order valence-corrected chi connectivity index (χ3v) is 4.26. The molecule has 1 aliphatic heterocycles. The summed E-state index contributed by atoms with van der Waals surface area (Å²) in [4.78, 5) is 26.3. The number of nitrogens with one attached hydrogen (secondary N) is 1. The van der Waals surface area contributed by atoms with E-state index in [0.717, 1.165) is 0 Å². The molecule has 5 nitrogen and oxygen atoms in total. The second kappa shape index (κ2) is 6.47. The van der Waals surface area contributed by atoms with Crippen molar-refractivity contribution in [3.63, 3.8) is 0 Å². The minimum atomic E-state index is -0.405. The molecule has 0 aliphatic carbocycles. The van der Waals surface area contributed by atoms with Crippen molar-refractivity contribution >= 4 is 34.6 Å². The highest BCUT2D eigenvalue weighted by Gasteiger charge is 2.30. The molecular weight excluding hydrogens is 288 g/mol. The topological polar surface area (TPSA) is 58.6 Å². The number of ether oxygens (including phenoxy) is 1. The molecule has 19 heavy (non-hydrogen) atoms. The predicted octanol–water partition coefficient (Wildman–Crippen LogP) is 1.03. The van der Waals surface area contributed by atoms with Crippen LogP contribution in [0.2, 0.25) is 4.34 Å². The van der Waals surface area contributed by atoms with Crippen molar-refractivity contribution in [2.75, 3.05) is 33.4 Å². The molecule has 1 amide bonds. The maximum Gasteiger partial charge on any atom is 0.239 e. The highest BCUT2D eigenvalue weighted by atomic mass is 35.5. The van der Waals surface area contributed by atoms with Crippen LogP contribution in [0.25, 0.3) is 0 Å². The maximum atomic E-state index is 12.1. The van der Waals surface area contributed by atoms with E-state index in [0.29, 0.717) is 29.0 Å². The van der Waals surface area contributed by atoms with E-state index in [1.165, 1.54) is 11.3 Å². The van der Waals surface area contributed by atoms with E-state index in [-0.39, 0.29) is 18.2 Å². The molecule has 1 atom stereocenters. The summed E-state index contributed by atoms with van der Waals surface area (Å²) in [5.41, 5.74) is 0. The maximum absolute atomic E-state index is 12.1. The molecule has 2 rings (SSSR count). The number of hydrogen-bond donors (Lipinski definition) is 1. The standard InChI is InChI=1S/C12H15ClN2O3S/c1-14-12(17)8-7-18-5-4-15(8)6-9(16)10-2-3-11(13)19-10/h2-3,8H,4-7H2,1H3,(H,14,17). The first-order valence-corrected chi connectivity index (χ1v) is 7.13. The number of carbonyl (C=O) groups is 2. The number of morpholine rings is 1. The number of halogens is 1. The average Bonchev–Trinajstić information content (AvgIpc) is 2.85. The zero-order valence-electron chi connectivity index (χ0n) is 10.5. The summed E-state index contributed by atoms with van der Waals surface area (Å²) in [5.74, 6) is -0.149. The summed E-state index contributed by atoms with van der Waals surface area (Å²) in [6, 6.07) is 3.01. The normalized spacial score (nSPS) is 20.2. The second-order valence-corrected chi connectivity index (χ2v) is 5.92. The summed E-state index contributed by atoms with van der Waals surface area (Å²) in [6.07, 6.45) is 0. The highest BCUT2D eigenvalue weighted by molar-refractivity contribution is 7.18. The Kier molecular flexibility index (Phi) is 4.93. The van der Waals surface area contributed by atoms with Crippen LogP contribution in [0, 0.1) is 0 Å². The average molecular weight is 303 g/mol. The first kappa shape index (κ1) is 14.5. The number of nitrogens with zero attached hydrogens (tertiary/aromatic N) is 1. The molecule has 104 valence electrons. The van der Waals surface area contributed by atoms with Gasteiger partial charge in [0.15, 0.2) is 5.78 Å². The first-order valence-electron chi connectivity index (χ1n) is 5.93. The Balaban J connectivity index is 2.03. The summed E-state index contributed by atoms with van der Waals surface area (Å²) >= 11 is 7.07. The van der Waals surface area contributed by atoms with Gasteiger partial charge in [0.05, 0.1) is 29.0 Å². The third-order valence-electron chi connectivity index (χ3n) is 2.98. The predicted molar refractivity (Wildman–Crippen MR) is 73.9 cm³/mol. The van der Waals surface area contributed by atoms with Crippen molar-refractivity contribution in [3.8, 4) is 0 Å². The van der Waals surface area contributed by atoms with Gasteiger partial charge in [0.25, 0.3) is 0 Å². The minimum Gasteiger partial charge on any atom is -0.378 e. The van der Waals surface area contributed by atoms with Gasteiger partial charge in [0.1, 0.15) is 6.04 Å². The highest BCUT2D eigenvalue weighted by Crippen LogP contribution is 2.22. The number of carbonyl (C=O) groups excluding carboxylic acids is 2. The van der Waals surface area contributed by atoms with Gasteiger partial charge in [-0.1, -0.05) is 11.6 Å². The Morgan fingerprint density at radius 1 is 1.58 bits per heavy atom. The number of likely N-dealkylation sites (N-methyl/N-ethyl adjacent to an activating group) is 1. The lowest BCUT2D eigenvalue weighted by atomic mass is 10.2. The van der Waals surface area contributed by atoms with E-state index in [9.17, 15) is 9.59 Å². The van der Waals surface area contributed by atoms with Gasteiger partial charge in [-0.2, -0.15) is 0 Å². The number of hydrogen-bond acceptors (Lipinski definition) is 5. The molecule has 0 radical (unpaired) electrons. The Bertz CT molecular complexity index is 477. The smallest absolute Gasteiger partial charge is 0.239 e. The van der Waals surface area contributed by atoms with Gasteiger partial charge in [-0.05, 0) is 12.1 Å². The van der Waals surface area contributed by atoms with E-state index in [4.69, 9.17) is 16.3 Å². The number of ketones is 1. The van der Waals surface area contributed by atoms with Crippen LogP contribution >= 0.6 is 22.9 Å². The van der Waals surface area contributed by atoms with Crippen LogP contribution in [0.1, 0.15) is 9.67 Å².